The third-order valence-electron chi connectivity index (χ3n) is 5.03. The van der Waals surface area contributed by atoms with Gasteiger partial charge in [-0.1, -0.05) is 17.7 Å². The van der Waals surface area contributed by atoms with Gasteiger partial charge in [-0.25, -0.2) is 13.2 Å². The minimum Gasteiger partial charge on any atom is -0.462 e. The fraction of sp³-hybridized carbons (Fsp3) is 0.364. The number of rotatable bonds is 6. The van der Waals surface area contributed by atoms with Crippen molar-refractivity contribution < 1.29 is 27.5 Å². The van der Waals surface area contributed by atoms with E-state index < -0.39 is 16.0 Å². The molecule has 1 heterocycles. The average Bonchev–Trinajstić information content (AvgIpc) is 2.75. The van der Waals surface area contributed by atoms with E-state index in [1.807, 2.05) is 19.1 Å². The van der Waals surface area contributed by atoms with E-state index in [0.29, 0.717) is 24.2 Å². The number of nitrogens with zero attached hydrogens (tertiary/aromatic N) is 1. The SMILES string of the molecule is CCOC(=O)c1ccc(S(=O)(=O)N2CCC(C(=O)Oc3ccc(C)cc3)CC2)cc1. The molecule has 0 amide bonds. The van der Waals surface area contributed by atoms with Crippen molar-refractivity contribution in [3.63, 3.8) is 0 Å². The Balaban J connectivity index is 1.60. The molecular formula is C22H25NO6S. The molecule has 1 fully saturated rings. The second-order valence-corrected chi connectivity index (χ2v) is 9.10. The van der Waals surface area contributed by atoms with Gasteiger partial charge in [0, 0.05) is 13.1 Å². The van der Waals surface area contributed by atoms with Crippen LogP contribution in [0.5, 0.6) is 5.75 Å². The van der Waals surface area contributed by atoms with Gasteiger partial charge in [0.25, 0.3) is 0 Å². The largest absolute Gasteiger partial charge is 0.462 e. The number of sulfonamides is 1. The zero-order valence-electron chi connectivity index (χ0n) is 17.0. The molecule has 1 saturated heterocycles. The van der Waals surface area contributed by atoms with Gasteiger partial charge >= 0.3 is 11.9 Å². The van der Waals surface area contributed by atoms with Crippen molar-refractivity contribution in [2.75, 3.05) is 19.7 Å². The van der Waals surface area contributed by atoms with E-state index >= 15 is 0 Å². The number of carbonyl (C=O) groups is 2. The van der Waals surface area contributed by atoms with Crippen LogP contribution in [0.25, 0.3) is 0 Å². The van der Waals surface area contributed by atoms with E-state index in [9.17, 15) is 18.0 Å². The predicted molar refractivity (Wildman–Crippen MR) is 111 cm³/mol. The van der Waals surface area contributed by atoms with Gasteiger partial charge in [0.2, 0.25) is 10.0 Å². The Bertz CT molecular complexity index is 991. The molecule has 0 bridgehead atoms. The number of aryl methyl sites for hydroxylation is 1. The van der Waals surface area contributed by atoms with Crippen molar-refractivity contribution in [1.29, 1.82) is 0 Å². The zero-order valence-corrected chi connectivity index (χ0v) is 17.9. The number of hydrogen-bond acceptors (Lipinski definition) is 6. The smallest absolute Gasteiger partial charge is 0.338 e. The molecular weight excluding hydrogens is 406 g/mol. The fourth-order valence-corrected chi connectivity index (χ4v) is 4.73. The third-order valence-corrected chi connectivity index (χ3v) is 6.94. The Morgan fingerprint density at radius 3 is 2.17 bits per heavy atom. The zero-order chi connectivity index (χ0) is 21.7. The van der Waals surface area contributed by atoms with Crippen LogP contribution in [0.15, 0.2) is 53.4 Å². The molecule has 0 saturated carbocycles. The second kappa shape index (κ2) is 9.40. The average molecular weight is 432 g/mol. The molecule has 2 aromatic rings. The minimum atomic E-state index is -3.70. The highest BCUT2D eigenvalue weighted by molar-refractivity contribution is 7.89. The summed E-state index contributed by atoms with van der Waals surface area (Å²) in [5, 5.41) is 0. The van der Waals surface area contributed by atoms with E-state index in [2.05, 4.69) is 0 Å². The third kappa shape index (κ3) is 5.06. The fourth-order valence-electron chi connectivity index (χ4n) is 3.26. The number of carbonyl (C=O) groups excluding carboxylic acids is 2. The molecule has 30 heavy (non-hydrogen) atoms. The van der Waals surface area contributed by atoms with Gasteiger partial charge in [-0.3, -0.25) is 4.79 Å². The van der Waals surface area contributed by atoms with Gasteiger partial charge < -0.3 is 9.47 Å². The molecule has 8 heteroatoms. The molecule has 0 N–H and O–H groups in total. The van der Waals surface area contributed by atoms with E-state index in [1.165, 1.54) is 28.6 Å². The highest BCUT2D eigenvalue weighted by Crippen LogP contribution is 2.26. The number of ether oxygens (including phenoxy) is 2. The van der Waals surface area contributed by atoms with Gasteiger partial charge in [0.15, 0.2) is 0 Å². The quantitative estimate of drug-likeness (QED) is 0.515. The lowest BCUT2D eigenvalue weighted by Gasteiger charge is -2.30. The monoisotopic (exact) mass is 431 g/mol. The van der Waals surface area contributed by atoms with Gasteiger partial charge in [-0.2, -0.15) is 4.31 Å². The van der Waals surface area contributed by atoms with Crippen LogP contribution in [-0.2, 0) is 19.6 Å². The van der Waals surface area contributed by atoms with Crippen molar-refractivity contribution in [2.45, 2.75) is 31.6 Å². The van der Waals surface area contributed by atoms with Crippen molar-refractivity contribution in [1.82, 2.24) is 4.31 Å². The predicted octanol–water partition coefficient (Wildman–Crippen LogP) is 3.18. The first kappa shape index (κ1) is 22.0. The lowest BCUT2D eigenvalue weighted by Crippen LogP contribution is -2.41. The second-order valence-electron chi connectivity index (χ2n) is 7.16. The molecule has 0 aromatic heterocycles. The first-order valence-electron chi connectivity index (χ1n) is 9.87. The summed E-state index contributed by atoms with van der Waals surface area (Å²) in [7, 11) is -3.70. The Morgan fingerprint density at radius 1 is 1.00 bits per heavy atom. The first-order chi connectivity index (χ1) is 14.3. The van der Waals surface area contributed by atoms with Crippen LogP contribution >= 0.6 is 0 Å². The van der Waals surface area contributed by atoms with Crippen LogP contribution in [0.3, 0.4) is 0 Å². The standard InChI is InChI=1S/C22H25NO6S/c1-3-28-21(24)17-6-10-20(11-7-17)30(26,27)23-14-12-18(13-15-23)22(25)29-19-8-4-16(2)5-9-19/h4-11,18H,3,12-15H2,1-2H3. The molecule has 1 aliphatic heterocycles. The van der Waals surface area contributed by atoms with Crippen molar-refractivity contribution in [3.8, 4) is 5.75 Å². The summed E-state index contributed by atoms with van der Waals surface area (Å²) in [4.78, 5) is 24.2. The molecule has 1 aliphatic rings. The van der Waals surface area contributed by atoms with Crippen LogP contribution in [-0.4, -0.2) is 44.4 Å². The number of esters is 2. The minimum absolute atomic E-state index is 0.108. The molecule has 0 spiro atoms. The lowest BCUT2D eigenvalue weighted by atomic mass is 9.98. The lowest BCUT2D eigenvalue weighted by molar-refractivity contribution is -0.140. The number of piperidine rings is 1. The van der Waals surface area contributed by atoms with Crippen molar-refractivity contribution in [3.05, 3.63) is 59.7 Å². The summed E-state index contributed by atoms with van der Waals surface area (Å²) in [5.41, 5.74) is 1.37. The van der Waals surface area contributed by atoms with Crippen LogP contribution in [0.4, 0.5) is 0 Å². The van der Waals surface area contributed by atoms with Crippen LogP contribution < -0.4 is 4.74 Å². The first-order valence-corrected chi connectivity index (χ1v) is 11.3. The van der Waals surface area contributed by atoms with Crippen molar-refractivity contribution in [2.24, 2.45) is 5.92 Å². The van der Waals surface area contributed by atoms with Gasteiger partial charge in [0.1, 0.15) is 5.75 Å². The molecule has 7 nitrogen and oxygen atoms in total. The van der Waals surface area contributed by atoms with Crippen LogP contribution in [0.2, 0.25) is 0 Å². The Labute approximate surface area is 176 Å². The van der Waals surface area contributed by atoms with Crippen LogP contribution in [0.1, 0.15) is 35.7 Å². The molecule has 0 atom stereocenters. The Hall–Kier alpha value is -2.71. The van der Waals surface area contributed by atoms with Gasteiger partial charge in [0.05, 0.1) is 23.0 Å². The van der Waals surface area contributed by atoms with E-state index in [1.54, 1.807) is 19.1 Å². The molecule has 0 radical (unpaired) electrons. The maximum absolute atomic E-state index is 12.9. The Kier molecular flexibility index (Phi) is 6.89. The molecule has 2 aromatic carbocycles. The highest BCUT2D eigenvalue weighted by Gasteiger charge is 2.33. The summed E-state index contributed by atoms with van der Waals surface area (Å²) in [6.45, 7) is 4.37. The van der Waals surface area contributed by atoms with Crippen molar-refractivity contribution >= 4 is 22.0 Å². The van der Waals surface area contributed by atoms with E-state index in [-0.39, 0.29) is 36.5 Å². The van der Waals surface area contributed by atoms with Crippen LogP contribution in [0, 0.1) is 12.8 Å². The number of benzene rings is 2. The molecule has 3 rings (SSSR count). The highest BCUT2D eigenvalue weighted by atomic mass is 32.2. The Morgan fingerprint density at radius 2 is 1.60 bits per heavy atom. The maximum Gasteiger partial charge on any atom is 0.338 e. The molecule has 0 unspecified atom stereocenters. The summed E-state index contributed by atoms with van der Waals surface area (Å²) in [6, 6.07) is 12.9. The van der Waals surface area contributed by atoms with E-state index in [0.717, 1.165) is 5.56 Å². The summed E-state index contributed by atoms with van der Waals surface area (Å²) < 4.78 is 37.5. The summed E-state index contributed by atoms with van der Waals surface area (Å²) in [5.74, 6) is -0.685. The molecule has 160 valence electrons. The van der Waals surface area contributed by atoms with Gasteiger partial charge in [-0.15, -0.1) is 0 Å². The topological polar surface area (TPSA) is 90.0 Å². The molecule has 0 aliphatic carbocycles. The van der Waals surface area contributed by atoms with Gasteiger partial charge in [-0.05, 0) is 63.1 Å². The normalized spacial score (nSPS) is 15.5. The summed E-state index contributed by atoms with van der Waals surface area (Å²) >= 11 is 0. The number of hydrogen-bond donors (Lipinski definition) is 0. The maximum atomic E-state index is 12.9. The van der Waals surface area contributed by atoms with E-state index in [4.69, 9.17) is 9.47 Å². The summed E-state index contributed by atoms with van der Waals surface area (Å²) in [6.07, 6.45) is 0.787.